The highest BCUT2D eigenvalue weighted by Crippen LogP contribution is 2.52. The molecule has 0 spiro atoms. The number of benzene rings is 6. The summed E-state index contributed by atoms with van der Waals surface area (Å²) in [7, 11) is 0.474. The number of hydrogen-bond acceptors (Lipinski definition) is 17. The molecule has 2 aliphatic heterocycles. The standard InChI is InChI=1S/C63H62N5O19P/c1-38-35-68(61(75)66-56(38)70)53-34-49(86-63(40-14-10-7-11-15-40,43-20-28-47(80-4)29-21-43)44-22-30-48(81-5)31-23-44)50(84-53)37-83-88(76,77)87-55-51(85-58(54(55)65-57(71)59(72)73)67-33-32-52(69)64-60(67)74)36-82-62(39-12-8-6-9-13-39,41-16-24-45(78-2)25-17-41)42-18-26-46(79-3)27-19-42/h6-33,35,49-51,53-55,58H,34,36-37H2,1-5H3,(H,65,71)(H,72,73)(H,76,77)(H,64,69,74)(H,66,70,75)/t49-,50+,51+,53+,54+,55+,58+/m0/s1. The topological polar surface area (TPSA) is 306 Å². The first kappa shape index (κ1) is 61.8. The van der Waals surface area contributed by atoms with Gasteiger partial charge in [0.25, 0.3) is 11.1 Å². The van der Waals surface area contributed by atoms with Gasteiger partial charge in [-0.25, -0.2) is 18.9 Å². The molecule has 2 aliphatic rings. The van der Waals surface area contributed by atoms with Gasteiger partial charge in [-0.15, -0.1) is 0 Å². The molecule has 0 radical (unpaired) electrons. The first-order valence-electron chi connectivity index (χ1n) is 27.5. The highest BCUT2D eigenvalue weighted by atomic mass is 31.2. The summed E-state index contributed by atoms with van der Waals surface area (Å²) in [6, 6.07) is 45.6. The first-order chi connectivity index (χ1) is 42.4. The average Bonchev–Trinajstić information content (AvgIpc) is 1.08. The number of aliphatic carboxylic acids is 1. The van der Waals surface area contributed by atoms with Gasteiger partial charge in [-0.05, 0) is 88.8 Å². The summed E-state index contributed by atoms with van der Waals surface area (Å²) in [6.45, 7) is 0.0685. The van der Waals surface area contributed by atoms with Crippen molar-refractivity contribution in [2.24, 2.45) is 0 Å². The number of ether oxygens (including phenoxy) is 8. The van der Waals surface area contributed by atoms with Gasteiger partial charge < -0.3 is 53.2 Å². The zero-order chi connectivity index (χ0) is 62.3. The second-order valence-corrected chi connectivity index (χ2v) is 21.9. The van der Waals surface area contributed by atoms with Crippen molar-refractivity contribution in [2.45, 2.75) is 67.5 Å². The second-order valence-electron chi connectivity index (χ2n) is 20.5. The number of rotatable bonds is 23. The Morgan fingerprint density at radius 1 is 0.614 bits per heavy atom. The summed E-state index contributed by atoms with van der Waals surface area (Å²) in [5.41, 5.74) is -2.82. The Morgan fingerprint density at radius 2 is 1.08 bits per heavy atom. The van der Waals surface area contributed by atoms with Crippen LogP contribution in [0.15, 0.2) is 195 Å². The van der Waals surface area contributed by atoms with E-state index in [0.29, 0.717) is 56.4 Å². The molecule has 0 saturated carbocycles. The molecule has 4 heterocycles. The Labute approximate surface area is 502 Å². The van der Waals surface area contributed by atoms with Crippen LogP contribution in [0, 0.1) is 6.92 Å². The van der Waals surface area contributed by atoms with E-state index in [1.54, 1.807) is 91.0 Å². The number of carbonyl (C=O) groups excluding carboxylic acids is 1. The molecule has 2 fully saturated rings. The van der Waals surface area contributed by atoms with Crippen LogP contribution in [0.3, 0.4) is 0 Å². The van der Waals surface area contributed by atoms with Gasteiger partial charge in [0.1, 0.15) is 64.8 Å². The molecule has 88 heavy (non-hydrogen) atoms. The lowest BCUT2D eigenvalue weighted by Crippen LogP contribution is -2.51. The highest BCUT2D eigenvalue weighted by molar-refractivity contribution is 7.47. The molecule has 458 valence electrons. The molecule has 2 saturated heterocycles. The van der Waals surface area contributed by atoms with E-state index in [-0.39, 0.29) is 12.0 Å². The van der Waals surface area contributed by atoms with Crippen molar-refractivity contribution in [1.82, 2.24) is 24.4 Å². The van der Waals surface area contributed by atoms with Crippen LogP contribution in [-0.2, 0) is 53.4 Å². The molecule has 0 aliphatic carbocycles. The quantitative estimate of drug-likeness (QED) is 0.0276. The average molecular weight is 1220 g/mol. The summed E-state index contributed by atoms with van der Waals surface area (Å²) in [5.74, 6) is -1.52. The monoisotopic (exact) mass is 1220 g/mol. The van der Waals surface area contributed by atoms with Gasteiger partial charge in [-0.3, -0.25) is 42.5 Å². The van der Waals surface area contributed by atoms with E-state index < -0.39 is 110 Å². The maximum Gasteiger partial charge on any atom is 0.472 e. The van der Waals surface area contributed by atoms with Crippen molar-refractivity contribution in [3.8, 4) is 23.0 Å². The maximum absolute atomic E-state index is 15.1. The normalized spacial score (nSPS) is 20.0. The number of methoxy groups -OCH3 is 4. The van der Waals surface area contributed by atoms with Gasteiger partial charge in [0.2, 0.25) is 0 Å². The molecule has 6 aromatic carbocycles. The molecule has 5 N–H and O–H groups in total. The Morgan fingerprint density at radius 3 is 1.56 bits per heavy atom. The van der Waals surface area contributed by atoms with E-state index in [1.165, 1.54) is 41.6 Å². The van der Waals surface area contributed by atoms with Crippen LogP contribution in [0.1, 0.15) is 57.8 Å². The number of amides is 1. The number of aromatic amines is 2. The number of carboxylic acids is 1. The zero-order valence-corrected chi connectivity index (χ0v) is 49.0. The molecular weight excluding hydrogens is 1160 g/mol. The van der Waals surface area contributed by atoms with E-state index in [1.807, 2.05) is 66.7 Å². The minimum absolute atomic E-state index is 0.128. The Balaban J connectivity index is 1.06. The lowest BCUT2D eigenvalue weighted by Gasteiger charge is -2.39. The minimum Gasteiger partial charge on any atom is -0.497 e. The summed E-state index contributed by atoms with van der Waals surface area (Å²) in [5, 5.41) is 12.3. The van der Waals surface area contributed by atoms with Crippen LogP contribution >= 0.6 is 7.82 Å². The number of H-pyrrole nitrogens is 2. The third-order valence-corrected chi connectivity index (χ3v) is 16.4. The van der Waals surface area contributed by atoms with Crippen LogP contribution in [-0.4, -0.2) is 113 Å². The van der Waals surface area contributed by atoms with E-state index in [9.17, 15) is 38.8 Å². The zero-order valence-electron chi connectivity index (χ0n) is 48.1. The number of phosphoric acid groups is 1. The number of carbonyl (C=O) groups is 2. The minimum atomic E-state index is -5.60. The number of nitrogens with one attached hydrogen (secondary N) is 3. The largest absolute Gasteiger partial charge is 0.497 e. The molecule has 24 nitrogen and oxygen atoms in total. The summed E-state index contributed by atoms with van der Waals surface area (Å²) in [6.07, 6.45) is -6.82. The fourth-order valence-electron chi connectivity index (χ4n) is 11.1. The van der Waals surface area contributed by atoms with E-state index in [4.69, 9.17) is 46.9 Å². The smallest absolute Gasteiger partial charge is 0.472 e. The van der Waals surface area contributed by atoms with Crippen molar-refractivity contribution in [3.63, 3.8) is 0 Å². The van der Waals surface area contributed by atoms with Crippen molar-refractivity contribution in [3.05, 3.63) is 257 Å². The summed E-state index contributed by atoms with van der Waals surface area (Å²) in [4.78, 5) is 94.8. The molecular formula is C63H62N5O19P. The molecule has 1 unspecified atom stereocenters. The van der Waals surface area contributed by atoms with Crippen molar-refractivity contribution in [1.29, 1.82) is 0 Å². The van der Waals surface area contributed by atoms with Gasteiger partial charge in [-0.2, -0.15) is 0 Å². The number of hydrogen-bond donors (Lipinski definition) is 5. The van der Waals surface area contributed by atoms with Crippen molar-refractivity contribution in [2.75, 3.05) is 41.7 Å². The molecule has 1 amide bonds. The van der Waals surface area contributed by atoms with Gasteiger partial charge in [0, 0.05) is 30.4 Å². The third kappa shape index (κ3) is 12.8. The highest BCUT2D eigenvalue weighted by Gasteiger charge is 2.54. The number of phosphoric ester groups is 1. The molecule has 8 atom stereocenters. The Bertz CT molecular complexity index is 3940. The summed E-state index contributed by atoms with van der Waals surface area (Å²) >= 11 is 0. The van der Waals surface area contributed by atoms with Gasteiger partial charge in [0.15, 0.2) is 6.23 Å². The van der Waals surface area contributed by atoms with E-state index in [2.05, 4.69) is 15.3 Å². The predicted molar refractivity (Wildman–Crippen MR) is 315 cm³/mol. The lowest BCUT2D eigenvalue weighted by atomic mass is 9.79. The van der Waals surface area contributed by atoms with Crippen molar-refractivity contribution >= 4 is 19.7 Å². The second kappa shape index (κ2) is 26.4. The predicted octanol–water partition coefficient (Wildman–Crippen LogP) is 6.07. The van der Waals surface area contributed by atoms with Crippen LogP contribution in [0.2, 0.25) is 0 Å². The Kier molecular flexibility index (Phi) is 18.6. The van der Waals surface area contributed by atoms with E-state index in [0.717, 1.165) is 21.4 Å². The molecule has 25 heteroatoms. The SMILES string of the molecule is COc1ccc(C(OC[C@H]2O[C@@H](n3ccc(=O)[nH]c3=O)[C@H](NC(=O)C(=O)O)[C@@H]2OP(=O)(O)OC[C@H]2O[C@@H](n3cc(C)c(=O)[nH]c3=O)C[C@@H]2OC(c2ccccc2)(c2ccc(OC)cc2)c2ccc(OC)cc2)(c2ccccc2)c2ccc(OC)cc2)cc1. The number of carboxylic acid groups (broad SMARTS) is 1. The van der Waals surface area contributed by atoms with Crippen LogP contribution in [0.4, 0.5) is 0 Å². The first-order valence-corrected chi connectivity index (χ1v) is 29.0. The fraction of sp³-hybridized carbons (Fsp3) is 0.270. The molecule has 0 bridgehead atoms. The number of nitrogens with zero attached hydrogens (tertiary/aromatic N) is 2. The van der Waals surface area contributed by atoms with Crippen molar-refractivity contribution < 1.29 is 71.1 Å². The molecule has 10 rings (SSSR count). The molecule has 8 aromatic rings. The fourth-order valence-corrected chi connectivity index (χ4v) is 12.0. The molecule has 2 aromatic heterocycles. The van der Waals surface area contributed by atoms with Crippen LogP contribution in [0.5, 0.6) is 23.0 Å². The Hall–Kier alpha value is -9.23. The van der Waals surface area contributed by atoms with Crippen LogP contribution in [0.25, 0.3) is 0 Å². The van der Waals surface area contributed by atoms with Crippen LogP contribution < -0.4 is 46.8 Å². The van der Waals surface area contributed by atoms with Gasteiger partial charge >= 0.3 is 31.1 Å². The van der Waals surface area contributed by atoms with Gasteiger partial charge in [0.05, 0.1) is 47.8 Å². The lowest BCUT2D eigenvalue weighted by molar-refractivity contribution is -0.151. The van der Waals surface area contributed by atoms with E-state index >= 15 is 4.57 Å². The maximum atomic E-state index is 15.1. The summed E-state index contributed by atoms with van der Waals surface area (Å²) < 4.78 is 78.9. The number of aryl methyl sites for hydroxylation is 1. The number of aromatic nitrogens is 4. The van der Waals surface area contributed by atoms with Gasteiger partial charge in [-0.1, -0.05) is 109 Å². The third-order valence-electron chi connectivity index (χ3n) is 15.4.